The highest BCUT2D eigenvalue weighted by atomic mass is 16.4. The molecule has 17 heavy (non-hydrogen) atoms. The molecule has 0 aliphatic carbocycles. The van der Waals surface area contributed by atoms with Gasteiger partial charge < -0.3 is 10.0 Å². The second kappa shape index (κ2) is 4.40. The number of carboxylic acid groups (broad SMARTS) is 1. The smallest absolute Gasteiger partial charge is 0.407 e. The van der Waals surface area contributed by atoms with Crippen molar-refractivity contribution in [3.63, 3.8) is 0 Å². The van der Waals surface area contributed by atoms with Crippen molar-refractivity contribution in [3.05, 3.63) is 35.9 Å². The molecule has 0 bridgehead atoms. The van der Waals surface area contributed by atoms with Crippen LogP contribution in [0.5, 0.6) is 0 Å². The zero-order valence-electron chi connectivity index (χ0n) is 10.4. The molecule has 1 saturated heterocycles. The standard InChI is InChI=1S/C14H19NO2/c1-14(2)8-9-15(13(16)17)12(14)10-11-6-4-3-5-7-11/h3-7,12H,8-10H2,1-2H3,(H,16,17). The van der Waals surface area contributed by atoms with Gasteiger partial charge in [0.25, 0.3) is 0 Å². The van der Waals surface area contributed by atoms with Gasteiger partial charge in [0.05, 0.1) is 0 Å². The molecule has 0 aromatic heterocycles. The zero-order chi connectivity index (χ0) is 12.5. The number of hydrogen-bond acceptors (Lipinski definition) is 1. The maximum atomic E-state index is 11.2. The van der Waals surface area contributed by atoms with E-state index in [1.807, 2.05) is 18.2 Å². The number of hydrogen-bond donors (Lipinski definition) is 1. The van der Waals surface area contributed by atoms with Crippen LogP contribution in [0.1, 0.15) is 25.8 Å². The molecule has 1 atom stereocenters. The number of likely N-dealkylation sites (tertiary alicyclic amines) is 1. The fraction of sp³-hybridized carbons (Fsp3) is 0.500. The molecule has 0 spiro atoms. The molecule has 3 heteroatoms. The summed E-state index contributed by atoms with van der Waals surface area (Å²) >= 11 is 0. The van der Waals surface area contributed by atoms with E-state index in [0.29, 0.717) is 6.54 Å². The van der Waals surface area contributed by atoms with Crippen LogP contribution in [-0.2, 0) is 6.42 Å². The Labute approximate surface area is 102 Å². The molecule has 3 nitrogen and oxygen atoms in total. The SMILES string of the molecule is CC1(C)CCN(C(=O)O)C1Cc1ccccc1. The summed E-state index contributed by atoms with van der Waals surface area (Å²) in [5.41, 5.74) is 1.27. The predicted molar refractivity (Wildman–Crippen MR) is 67.1 cm³/mol. The second-order valence-electron chi connectivity index (χ2n) is 5.42. The Balaban J connectivity index is 2.19. The first kappa shape index (κ1) is 12.0. The van der Waals surface area contributed by atoms with Crippen LogP contribution in [0.2, 0.25) is 0 Å². The molecular formula is C14H19NO2. The van der Waals surface area contributed by atoms with Crippen LogP contribution < -0.4 is 0 Å². The van der Waals surface area contributed by atoms with Crippen LogP contribution in [0, 0.1) is 5.41 Å². The van der Waals surface area contributed by atoms with Crippen molar-refractivity contribution in [2.24, 2.45) is 5.41 Å². The summed E-state index contributed by atoms with van der Waals surface area (Å²) in [6.07, 6.45) is 0.952. The average Bonchev–Trinajstić information content (AvgIpc) is 2.56. The lowest BCUT2D eigenvalue weighted by Crippen LogP contribution is -2.41. The van der Waals surface area contributed by atoms with Crippen LogP contribution in [0.3, 0.4) is 0 Å². The van der Waals surface area contributed by atoms with Gasteiger partial charge in [-0.1, -0.05) is 44.2 Å². The van der Waals surface area contributed by atoms with Gasteiger partial charge in [-0.15, -0.1) is 0 Å². The van der Waals surface area contributed by atoms with Crippen LogP contribution >= 0.6 is 0 Å². The topological polar surface area (TPSA) is 40.5 Å². The van der Waals surface area contributed by atoms with Gasteiger partial charge in [0.15, 0.2) is 0 Å². The summed E-state index contributed by atoms with van der Waals surface area (Å²) in [5, 5.41) is 9.22. The Morgan fingerprint density at radius 1 is 1.41 bits per heavy atom. The molecule has 1 unspecified atom stereocenters. The molecule has 1 aromatic rings. The fourth-order valence-electron chi connectivity index (χ4n) is 2.61. The highest BCUT2D eigenvalue weighted by Gasteiger charge is 2.42. The minimum atomic E-state index is -0.795. The average molecular weight is 233 g/mol. The van der Waals surface area contributed by atoms with E-state index in [4.69, 9.17) is 0 Å². The second-order valence-corrected chi connectivity index (χ2v) is 5.42. The Hall–Kier alpha value is -1.51. The Kier molecular flexibility index (Phi) is 3.09. The first-order valence-corrected chi connectivity index (χ1v) is 6.04. The first-order valence-electron chi connectivity index (χ1n) is 6.04. The van der Waals surface area contributed by atoms with Crippen molar-refractivity contribution in [1.29, 1.82) is 0 Å². The predicted octanol–water partition coefficient (Wildman–Crippen LogP) is 3.01. The van der Waals surface area contributed by atoms with Crippen LogP contribution in [0.4, 0.5) is 4.79 Å². The van der Waals surface area contributed by atoms with Gasteiger partial charge in [-0.3, -0.25) is 0 Å². The van der Waals surface area contributed by atoms with Crippen molar-refractivity contribution in [2.75, 3.05) is 6.54 Å². The largest absolute Gasteiger partial charge is 0.465 e. The Morgan fingerprint density at radius 3 is 2.65 bits per heavy atom. The lowest BCUT2D eigenvalue weighted by atomic mass is 9.81. The Bertz CT molecular complexity index is 400. The molecule has 1 aliphatic heterocycles. The van der Waals surface area contributed by atoms with Gasteiger partial charge in [0.1, 0.15) is 0 Å². The van der Waals surface area contributed by atoms with E-state index in [0.717, 1.165) is 12.8 Å². The Morgan fingerprint density at radius 2 is 2.06 bits per heavy atom. The number of rotatable bonds is 2. The number of nitrogens with zero attached hydrogens (tertiary/aromatic N) is 1. The van der Waals surface area contributed by atoms with Crippen LogP contribution in [0.25, 0.3) is 0 Å². The molecule has 1 heterocycles. The van der Waals surface area contributed by atoms with Gasteiger partial charge in [0, 0.05) is 12.6 Å². The molecule has 92 valence electrons. The van der Waals surface area contributed by atoms with Crippen molar-refractivity contribution in [3.8, 4) is 0 Å². The molecule has 1 N–H and O–H groups in total. The fourth-order valence-corrected chi connectivity index (χ4v) is 2.61. The van der Waals surface area contributed by atoms with Crippen molar-refractivity contribution < 1.29 is 9.90 Å². The van der Waals surface area contributed by atoms with Gasteiger partial charge in [-0.05, 0) is 23.8 Å². The van der Waals surface area contributed by atoms with E-state index in [2.05, 4.69) is 26.0 Å². The van der Waals surface area contributed by atoms with Gasteiger partial charge in [-0.25, -0.2) is 4.79 Å². The van der Waals surface area contributed by atoms with E-state index in [1.54, 1.807) is 4.90 Å². The molecule has 1 aliphatic rings. The van der Waals surface area contributed by atoms with Crippen LogP contribution in [0.15, 0.2) is 30.3 Å². The molecular weight excluding hydrogens is 214 g/mol. The van der Waals surface area contributed by atoms with E-state index >= 15 is 0 Å². The summed E-state index contributed by atoms with van der Waals surface area (Å²) < 4.78 is 0. The van der Waals surface area contributed by atoms with E-state index in [-0.39, 0.29) is 11.5 Å². The summed E-state index contributed by atoms with van der Waals surface area (Å²) in [7, 11) is 0. The minimum Gasteiger partial charge on any atom is -0.465 e. The van der Waals surface area contributed by atoms with E-state index in [9.17, 15) is 9.90 Å². The highest BCUT2D eigenvalue weighted by molar-refractivity contribution is 5.66. The third kappa shape index (κ3) is 2.43. The lowest BCUT2D eigenvalue weighted by Gasteiger charge is -2.31. The monoisotopic (exact) mass is 233 g/mol. The summed E-state index contributed by atoms with van der Waals surface area (Å²) in [4.78, 5) is 12.8. The number of carbonyl (C=O) groups is 1. The van der Waals surface area contributed by atoms with E-state index in [1.165, 1.54) is 5.56 Å². The number of benzene rings is 1. The third-order valence-electron chi connectivity index (χ3n) is 3.79. The molecule has 1 fully saturated rings. The quantitative estimate of drug-likeness (QED) is 0.853. The normalized spacial score (nSPS) is 22.7. The molecule has 0 saturated carbocycles. The molecule has 1 amide bonds. The number of amides is 1. The lowest BCUT2D eigenvalue weighted by molar-refractivity contribution is 0.123. The van der Waals surface area contributed by atoms with E-state index < -0.39 is 6.09 Å². The maximum absolute atomic E-state index is 11.2. The minimum absolute atomic E-state index is 0.0637. The van der Waals surface area contributed by atoms with Crippen molar-refractivity contribution >= 4 is 6.09 Å². The van der Waals surface area contributed by atoms with Gasteiger partial charge in [-0.2, -0.15) is 0 Å². The summed E-state index contributed by atoms with van der Waals surface area (Å²) in [6.45, 7) is 4.97. The molecule has 1 aromatic carbocycles. The summed E-state index contributed by atoms with van der Waals surface area (Å²) in [6, 6.07) is 10.2. The highest BCUT2D eigenvalue weighted by Crippen LogP contribution is 2.37. The van der Waals surface area contributed by atoms with Crippen molar-refractivity contribution in [1.82, 2.24) is 4.90 Å². The zero-order valence-corrected chi connectivity index (χ0v) is 10.4. The summed E-state index contributed by atoms with van der Waals surface area (Å²) in [5.74, 6) is 0. The molecule has 0 radical (unpaired) electrons. The van der Waals surface area contributed by atoms with Crippen molar-refractivity contribution in [2.45, 2.75) is 32.7 Å². The van der Waals surface area contributed by atoms with Gasteiger partial charge in [0.2, 0.25) is 0 Å². The third-order valence-corrected chi connectivity index (χ3v) is 3.79. The molecule has 2 rings (SSSR count). The first-order chi connectivity index (χ1) is 8.00. The van der Waals surface area contributed by atoms with Crippen LogP contribution in [-0.4, -0.2) is 28.7 Å². The van der Waals surface area contributed by atoms with Gasteiger partial charge >= 0.3 is 6.09 Å². The maximum Gasteiger partial charge on any atom is 0.407 e.